The molecule has 0 bridgehead atoms. The zero-order valence-corrected chi connectivity index (χ0v) is 13.6. The lowest BCUT2D eigenvalue weighted by Crippen LogP contribution is -2.43. The molecule has 3 aromatic rings. The topological polar surface area (TPSA) is 70.9 Å². The number of aromatic hydroxyl groups is 1. The van der Waals surface area contributed by atoms with Gasteiger partial charge in [0.1, 0.15) is 17.3 Å². The highest BCUT2D eigenvalue weighted by Crippen LogP contribution is 2.36. The van der Waals surface area contributed by atoms with Crippen molar-refractivity contribution >= 4 is 28.6 Å². The molecule has 1 amide bonds. The van der Waals surface area contributed by atoms with Crippen LogP contribution < -0.4 is 10.1 Å². The number of phenols is 1. The molecule has 0 spiro atoms. The Hall–Kier alpha value is -3.60. The fraction of sp³-hybridized carbons (Fsp3) is 0.0476. The summed E-state index contributed by atoms with van der Waals surface area (Å²) in [7, 11) is 0. The second-order valence-electron chi connectivity index (χ2n) is 6.25. The molecule has 26 heavy (non-hydrogen) atoms. The van der Waals surface area contributed by atoms with Gasteiger partial charge in [-0.15, -0.1) is 0 Å². The van der Waals surface area contributed by atoms with Gasteiger partial charge in [0, 0.05) is 11.1 Å². The highest BCUT2D eigenvalue weighted by Gasteiger charge is 2.33. The number of rotatable bonds is 1. The van der Waals surface area contributed by atoms with Crippen LogP contribution in [-0.4, -0.2) is 23.1 Å². The number of phenolic OH excluding ortho intramolecular Hbond substituents is 1. The van der Waals surface area contributed by atoms with E-state index in [9.17, 15) is 9.90 Å². The number of aliphatic imine (C=N–C) groups is 1. The molecule has 5 rings (SSSR count). The van der Waals surface area contributed by atoms with Gasteiger partial charge in [-0.1, -0.05) is 30.3 Å². The normalized spacial score (nSPS) is 18.2. The Kier molecular flexibility index (Phi) is 3.09. The van der Waals surface area contributed by atoms with Crippen LogP contribution in [0.1, 0.15) is 11.1 Å². The summed E-state index contributed by atoms with van der Waals surface area (Å²) in [5.41, 5.74) is 2.09. The average molecular weight is 342 g/mol. The fourth-order valence-corrected chi connectivity index (χ4v) is 3.31. The van der Waals surface area contributed by atoms with Crippen molar-refractivity contribution in [3.8, 4) is 11.5 Å². The number of nitrogens with one attached hydrogen (secondary N) is 1. The predicted octanol–water partition coefficient (Wildman–Crippen LogP) is 3.22. The van der Waals surface area contributed by atoms with E-state index in [0.717, 1.165) is 16.3 Å². The first-order valence-corrected chi connectivity index (χ1v) is 8.27. The van der Waals surface area contributed by atoms with Crippen LogP contribution in [0.4, 0.5) is 0 Å². The third-order valence-corrected chi connectivity index (χ3v) is 4.62. The van der Waals surface area contributed by atoms with E-state index in [4.69, 9.17) is 4.74 Å². The lowest BCUT2D eigenvalue weighted by Gasteiger charge is -2.29. The number of hydrogen-bond acceptors (Lipinski definition) is 4. The van der Waals surface area contributed by atoms with Gasteiger partial charge >= 0.3 is 0 Å². The molecule has 0 radical (unpaired) electrons. The van der Waals surface area contributed by atoms with Gasteiger partial charge in [-0.3, -0.25) is 4.79 Å². The summed E-state index contributed by atoms with van der Waals surface area (Å²) >= 11 is 0. The van der Waals surface area contributed by atoms with Gasteiger partial charge in [0.25, 0.3) is 5.91 Å². The van der Waals surface area contributed by atoms with Gasteiger partial charge < -0.3 is 15.2 Å². The highest BCUT2D eigenvalue weighted by atomic mass is 16.5. The zero-order valence-electron chi connectivity index (χ0n) is 13.6. The highest BCUT2D eigenvalue weighted by molar-refractivity contribution is 6.17. The molecule has 5 nitrogen and oxygen atoms in total. The molecule has 0 saturated heterocycles. The quantitative estimate of drug-likeness (QED) is 0.713. The molecular weight excluding hydrogens is 328 g/mol. The van der Waals surface area contributed by atoms with Crippen LogP contribution in [0.5, 0.6) is 11.5 Å². The Labute approximate surface area is 149 Å². The third-order valence-electron chi connectivity index (χ3n) is 4.62. The number of hydrogen-bond donors (Lipinski definition) is 2. The van der Waals surface area contributed by atoms with E-state index in [2.05, 4.69) is 10.3 Å². The third kappa shape index (κ3) is 2.25. The van der Waals surface area contributed by atoms with E-state index in [0.29, 0.717) is 22.7 Å². The Morgan fingerprint density at radius 1 is 1.00 bits per heavy atom. The van der Waals surface area contributed by atoms with Crippen molar-refractivity contribution in [2.45, 2.75) is 6.23 Å². The minimum atomic E-state index is -0.679. The van der Waals surface area contributed by atoms with E-state index < -0.39 is 6.23 Å². The Balaban J connectivity index is 1.61. The number of fused-ring (bicyclic) bond motifs is 4. The average Bonchev–Trinajstić information content (AvgIpc) is 2.67. The van der Waals surface area contributed by atoms with Crippen LogP contribution in [0, 0.1) is 0 Å². The van der Waals surface area contributed by atoms with Gasteiger partial charge in [0.05, 0.1) is 5.57 Å². The SMILES string of the molecule is O=C1NC(c2ccc(O)cc2)=NC2Oc3ccc4ccccc4c3C=C12. The van der Waals surface area contributed by atoms with Crippen LogP contribution in [0.3, 0.4) is 0 Å². The summed E-state index contributed by atoms with van der Waals surface area (Å²) in [4.78, 5) is 17.2. The predicted molar refractivity (Wildman–Crippen MR) is 99.1 cm³/mol. The molecule has 1 atom stereocenters. The monoisotopic (exact) mass is 342 g/mol. The molecule has 0 fully saturated rings. The minimum Gasteiger partial charge on any atom is -0.508 e. The van der Waals surface area contributed by atoms with Crippen LogP contribution in [0.25, 0.3) is 16.8 Å². The standard InChI is InChI=1S/C21H14N2O3/c24-14-8-5-13(6-9-14)19-22-20(25)17-11-16-15-4-2-1-3-12(15)7-10-18(16)26-21(17)23-19/h1-11,21,24H,(H,22,23,25). The number of nitrogens with zero attached hydrogens (tertiary/aromatic N) is 1. The van der Waals surface area contributed by atoms with Gasteiger partial charge in [-0.25, -0.2) is 4.99 Å². The van der Waals surface area contributed by atoms with E-state index in [1.165, 1.54) is 0 Å². The summed E-state index contributed by atoms with van der Waals surface area (Å²) in [5.74, 6) is 1.07. The van der Waals surface area contributed by atoms with Crippen LogP contribution in [0.15, 0.2) is 71.2 Å². The number of amides is 1. The molecule has 2 heterocycles. The van der Waals surface area contributed by atoms with E-state index in [-0.39, 0.29) is 11.7 Å². The number of ether oxygens (including phenoxy) is 1. The largest absolute Gasteiger partial charge is 0.508 e. The minimum absolute atomic E-state index is 0.159. The smallest absolute Gasteiger partial charge is 0.258 e. The van der Waals surface area contributed by atoms with Crippen molar-refractivity contribution < 1.29 is 14.6 Å². The number of benzene rings is 3. The summed E-state index contributed by atoms with van der Waals surface area (Å²) in [5, 5.41) is 14.4. The number of carbonyl (C=O) groups excluding carboxylic acids is 1. The van der Waals surface area contributed by atoms with E-state index in [1.807, 2.05) is 42.5 Å². The lowest BCUT2D eigenvalue weighted by molar-refractivity contribution is -0.117. The van der Waals surface area contributed by atoms with Crippen LogP contribution in [0.2, 0.25) is 0 Å². The fourth-order valence-electron chi connectivity index (χ4n) is 3.31. The summed E-state index contributed by atoms with van der Waals surface area (Å²) < 4.78 is 6.02. The summed E-state index contributed by atoms with van der Waals surface area (Å²) in [6.07, 6.45) is 1.18. The van der Waals surface area contributed by atoms with E-state index in [1.54, 1.807) is 24.3 Å². The molecule has 0 aromatic heterocycles. The van der Waals surface area contributed by atoms with Crippen molar-refractivity contribution in [2.75, 3.05) is 0 Å². The van der Waals surface area contributed by atoms with Crippen molar-refractivity contribution in [3.63, 3.8) is 0 Å². The Morgan fingerprint density at radius 2 is 1.81 bits per heavy atom. The molecule has 126 valence electrons. The van der Waals surface area contributed by atoms with Crippen molar-refractivity contribution in [3.05, 3.63) is 77.4 Å². The number of carbonyl (C=O) groups is 1. The Morgan fingerprint density at radius 3 is 2.65 bits per heavy atom. The molecule has 1 unspecified atom stereocenters. The maximum atomic E-state index is 12.6. The first-order chi connectivity index (χ1) is 12.7. The maximum Gasteiger partial charge on any atom is 0.258 e. The Bertz CT molecular complexity index is 1110. The molecule has 0 saturated carbocycles. The first kappa shape index (κ1) is 14.7. The lowest BCUT2D eigenvalue weighted by atomic mass is 9.97. The van der Waals surface area contributed by atoms with Crippen molar-refractivity contribution in [1.29, 1.82) is 0 Å². The molecule has 2 aliphatic heterocycles. The second-order valence-corrected chi connectivity index (χ2v) is 6.25. The molecule has 3 aromatic carbocycles. The van der Waals surface area contributed by atoms with Gasteiger partial charge in [-0.2, -0.15) is 0 Å². The maximum absolute atomic E-state index is 12.6. The van der Waals surface area contributed by atoms with Gasteiger partial charge in [0.15, 0.2) is 0 Å². The zero-order chi connectivity index (χ0) is 17.7. The van der Waals surface area contributed by atoms with Gasteiger partial charge in [-0.05, 0) is 47.2 Å². The molecular formula is C21H14N2O3. The first-order valence-electron chi connectivity index (χ1n) is 8.27. The van der Waals surface area contributed by atoms with Gasteiger partial charge in [0.2, 0.25) is 6.23 Å². The molecule has 2 N–H and O–H groups in total. The molecule has 5 heteroatoms. The van der Waals surface area contributed by atoms with Crippen LogP contribution in [-0.2, 0) is 4.79 Å². The van der Waals surface area contributed by atoms with Crippen LogP contribution >= 0.6 is 0 Å². The summed E-state index contributed by atoms with van der Waals surface area (Å²) in [6, 6.07) is 18.4. The summed E-state index contributed by atoms with van der Waals surface area (Å²) in [6.45, 7) is 0. The molecule has 2 aliphatic rings. The second kappa shape index (κ2) is 5.46. The van der Waals surface area contributed by atoms with Crippen molar-refractivity contribution in [2.24, 2.45) is 4.99 Å². The van der Waals surface area contributed by atoms with Crippen molar-refractivity contribution in [1.82, 2.24) is 5.32 Å². The number of amidine groups is 1. The van der Waals surface area contributed by atoms with E-state index >= 15 is 0 Å². The molecule has 0 aliphatic carbocycles.